The molecule has 2 aromatic carbocycles. The zero-order valence-corrected chi connectivity index (χ0v) is 19.6. The van der Waals surface area contributed by atoms with Gasteiger partial charge >= 0.3 is 0 Å². The van der Waals surface area contributed by atoms with Gasteiger partial charge in [-0.25, -0.2) is 0 Å². The molecule has 0 saturated heterocycles. The van der Waals surface area contributed by atoms with Gasteiger partial charge in [0.25, 0.3) is 0 Å². The van der Waals surface area contributed by atoms with Gasteiger partial charge < -0.3 is 21.3 Å². The van der Waals surface area contributed by atoms with Crippen molar-refractivity contribution in [3.8, 4) is 0 Å². The summed E-state index contributed by atoms with van der Waals surface area (Å²) in [6.45, 7) is 6.04. The maximum Gasteiger partial charge on any atom is 0.166 e. The van der Waals surface area contributed by atoms with Crippen molar-refractivity contribution in [1.82, 2.24) is 21.3 Å². The quantitative estimate of drug-likeness (QED) is 0.290. The Morgan fingerprint density at radius 2 is 1.00 bits per heavy atom. The fourth-order valence-electron chi connectivity index (χ4n) is 3.15. The lowest BCUT2D eigenvalue weighted by Crippen LogP contribution is -2.37. The molecule has 6 heteroatoms. The fourth-order valence-corrected chi connectivity index (χ4v) is 3.71. The van der Waals surface area contributed by atoms with Crippen molar-refractivity contribution in [3.63, 3.8) is 0 Å². The van der Waals surface area contributed by atoms with Crippen LogP contribution < -0.4 is 21.3 Å². The van der Waals surface area contributed by atoms with Crippen LogP contribution in [0.15, 0.2) is 60.7 Å². The van der Waals surface area contributed by atoms with E-state index in [9.17, 15) is 0 Å². The van der Waals surface area contributed by atoms with Crippen LogP contribution in [0, 0.1) is 0 Å². The van der Waals surface area contributed by atoms with E-state index < -0.39 is 0 Å². The Labute approximate surface area is 192 Å². The molecule has 2 atom stereocenters. The highest BCUT2D eigenvalue weighted by Gasteiger charge is 2.06. The van der Waals surface area contributed by atoms with E-state index >= 15 is 0 Å². The van der Waals surface area contributed by atoms with Crippen LogP contribution >= 0.6 is 24.4 Å². The summed E-state index contributed by atoms with van der Waals surface area (Å²) < 4.78 is 0. The van der Waals surface area contributed by atoms with E-state index in [-0.39, 0.29) is 12.1 Å². The number of hydrogen-bond donors (Lipinski definition) is 4. The Balaban J connectivity index is 1.46. The molecule has 4 N–H and O–H groups in total. The van der Waals surface area contributed by atoms with Crippen molar-refractivity contribution in [2.75, 3.05) is 13.1 Å². The lowest BCUT2D eigenvalue weighted by Gasteiger charge is -2.17. The van der Waals surface area contributed by atoms with Gasteiger partial charge in [0.15, 0.2) is 10.2 Å². The topological polar surface area (TPSA) is 48.1 Å². The van der Waals surface area contributed by atoms with Gasteiger partial charge in [0.05, 0.1) is 12.1 Å². The minimum atomic E-state index is 0.208. The Bertz CT molecular complexity index is 687. The molecule has 0 aliphatic rings. The number of thiocarbonyl (C=S) groups is 2. The summed E-state index contributed by atoms with van der Waals surface area (Å²) in [5, 5.41) is 14.7. The minimum absolute atomic E-state index is 0.208. The maximum atomic E-state index is 5.39. The molecule has 30 heavy (non-hydrogen) atoms. The average Bonchev–Trinajstić information content (AvgIpc) is 2.76. The number of benzene rings is 2. The van der Waals surface area contributed by atoms with E-state index in [0.717, 1.165) is 36.2 Å². The molecule has 0 spiro atoms. The van der Waals surface area contributed by atoms with Crippen LogP contribution in [0.3, 0.4) is 0 Å². The Morgan fingerprint density at radius 3 is 1.37 bits per heavy atom. The third kappa shape index (κ3) is 9.55. The highest BCUT2D eigenvalue weighted by Crippen LogP contribution is 2.11. The van der Waals surface area contributed by atoms with Crippen LogP contribution in [0.5, 0.6) is 0 Å². The third-order valence-electron chi connectivity index (χ3n) is 4.97. The van der Waals surface area contributed by atoms with Crippen molar-refractivity contribution in [2.24, 2.45) is 0 Å². The second-order valence-corrected chi connectivity index (χ2v) is 8.30. The van der Waals surface area contributed by atoms with Gasteiger partial charge in [0, 0.05) is 13.1 Å². The number of rotatable bonds is 11. The van der Waals surface area contributed by atoms with Crippen molar-refractivity contribution in [2.45, 2.75) is 51.6 Å². The van der Waals surface area contributed by atoms with Gasteiger partial charge in [-0.15, -0.1) is 0 Å². The van der Waals surface area contributed by atoms with E-state index in [4.69, 9.17) is 24.4 Å². The monoisotopic (exact) mass is 442 g/mol. The summed E-state index contributed by atoms with van der Waals surface area (Å²) in [6, 6.07) is 21.1. The normalized spacial score (nSPS) is 12.5. The third-order valence-corrected chi connectivity index (χ3v) is 5.49. The molecule has 0 heterocycles. The molecule has 0 aromatic heterocycles. The molecule has 0 aliphatic carbocycles. The fraction of sp³-hybridized carbons (Fsp3) is 0.417. The van der Waals surface area contributed by atoms with E-state index in [1.54, 1.807) is 0 Å². The van der Waals surface area contributed by atoms with Crippen LogP contribution in [-0.2, 0) is 0 Å². The van der Waals surface area contributed by atoms with E-state index in [1.165, 1.54) is 24.0 Å². The number of hydrogen-bond acceptors (Lipinski definition) is 2. The zero-order valence-electron chi connectivity index (χ0n) is 18.0. The molecular formula is C24H34N4S2. The van der Waals surface area contributed by atoms with Crippen LogP contribution in [0.25, 0.3) is 0 Å². The summed E-state index contributed by atoms with van der Waals surface area (Å²) >= 11 is 10.8. The molecule has 0 bridgehead atoms. The van der Waals surface area contributed by atoms with Crippen LogP contribution in [0.1, 0.15) is 62.7 Å². The van der Waals surface area contributed by atoms with Crippen molar-refractivity contribution in [1.29, 1.82) is 0 Å². The summed E-state index contributed by atoms with van der Waals surface area (Å²) in [6.07, 6.45) is 4.56. The Hall–Kier alpha value is -2.18. The van der Waals surface area contributed by atoms with Crippen LogP contribution in [0.2, 0.25) is 0 Å². The second kappa shape index (κ2) is 13.9. The number of unbranched alkanes of at least 4 members (excludes halogenated alkanes) is 3. The molecular weight excluding hydrogens is 408 g/mol. The highest BCUT2D eigenvalue weighted by atomic mass is 32.1. The van der Waals surface area contributed by atoms with E-state index in [2.05, 4.69) is 59.4 Å². The van der Waals surface area contributed by atoms with Gasteiger partial charge in [-0.05, 0) is 62.3 Å². The summed E-state index contributed by atoms with van der Waals surface area (Å²) in [5.74, 6) is 0. The zero-order chi connectivity index (χ0) is 21.6. The Kier molecular flexibility index (Phi) is 11.2. The molecule has 0 fully saturated rings. The second-order valence-electron chi connectivity index (χ2n) is 7.48. The summed E-state index contributed by atoms with van der Waals surface area (Å²) in [4.78, 5) is 0. The first kappa shape index (κ1) is 24.1. The molecule has 2 aromatic rings. The molecule has 4 nitrogen and oxygen atoms in total. The number of nitrogens with one attached hydrogen (secondary N) is 4. The first-order valence-corrected chi connectivity index (χ1v) is 11.6. The smallest absolute Gasteiger partial charge is 0.166 e. The first-order valence-electron chi connectivity index (χ1n) is 10.7. The molecule has 2 rings (SSSR count). The maximum absolute atomic E-state index is 5.39. The highest BCUT2D eigenvalue weighted by molar-refractivity contribution is 7.80. The van der Waals surface area contributed by atoms with Crippen LogP contribution in [-0.4, -0.2) is 23.3 Å². The van der Waals surface area contributed by atoms with Crippen LogP contribution in [0.4, 0.5) is 0 Å². The average molecular weight is 443 g/mol. The van der Waals surface area contributed by atoms with Gasteiger partial charge in [-0.1, -0.05) is 73.5 Å². The SMILES string of the molecule is CC(NC(=S)NCCCCCCNC(=S)NC(C)c1ccccc1)c1ccccc1. The molecule has 0 saturated carbocycles. The summed E-state index contributed by atoms with van der Waals surface area (Å²) in [7, 11) is 0. The van der Waals surface area contributed by atoms with E-state index in [0.29, 0.717) is 0 Å². The van der Waals surface area contributed by atoms with Gasteiger partial charge in [0.1, 0.15) is 0 Å². The molecule has 0 radical (unpaired) electrons. The molecule has 2 unspecified atom stereocenters. The predicted octanol–water partition coefficient (Wildman–Crippen LogP) is 5.00. The van der Waals surface area contributed by atoms with Crippen molar-refractivity contribution >= 4 is 34.7 Å². The first-order chi connectivity index (χ1) is 14.6. The van der Waals surface area contributed by atoms with Gasteiger partial charge in [-0.3, -0.25) is 0 Å². The minimum Gasteiger partial charge on any atom is -0.363 e. The molecule has 0 aliphatic heterocycles. The largest absolute Gasteiger partial charge is 0.363 e. The standard InChI is InChI=1S/C24H34N4S2/c1-19(21-13-7-5-8-14-21)27-23(29)25-17-11-3-4-12-18-26-24(30)28-20(2)22-15-9-6-10-16-22/h5-10,13-16,19-20H,3-4,11-12,17-18H2,1-2H3,(H2,25,27,29)(H2,26,28,30). The van der Waals surface area contributed by atoms with Crippen molar-refractivity contribution < 1.29 is 0 Å². The molecule has 162 valence electrons. The van der Waals surface area contributed by atoms with Gasteiger partial charge in [0.2, 0.25) is 0 Å². The summed E-state index contributed by atoms with van der Waals surface area (Å²) in [5.41, 5.74) is 2.47. The van der Waals surface area contributed by atoms with Gasteiger partial charge in [-0.2, -0.15) is 0 Å². The predicted molar refractivity (Wildman–Crippen MR) is 136 cm³/mol. The molecule has 0 amide bonds. The van der Waals surface area contributed by atoms with E-state index in [1.807, 2.05) is 36.4 Å². The lowest BCUT2D eigenvalue weighted by molar-refractivity contribution is 0.611. The Morgan fingerprint density at radius 1 is 0.633 bits per heavy atom. The van der Waals surface area contributed by atoms with Crippen molar-refractivity contribution in [3.05, 3.63) is 71.8 Å². The lowest BCUT2D eigenvalue weighted by atomic mass is 10.1.